The van der Waals surface area contributed by atoms with Crippen LogP contribution in [0.3, 0.4) is 0 Å². The molecular weight excluding hydrogens is 162 g/mol. The van der Waals surface area contributed by atoms with Crippen LogP contribution in [-0.2, 0) is 0 Å². The summed E-state index contributed by atoms with van der Waals surface area (Å²) in [5.74, 6) is 0.586. The van der Waals surface area contributed by atoms with Gasteiger partial charge in [-0.15, -0.1) is 0 Å². The molecule has 0 aromatic carbocycles. The van der Waals surface area contributed by atoms with Crippen molar-refractivity contribution in [2.75, 3.05) is 6.61 Å². The van der Waals surface area contributed by atoms with Crippen LogP contribution >= 0.6 is 11.6 Å². The van der Waals surface area contributed by atoms with Crippen LogP contribution in [0.1, 0.15) is 12.5 Å². The van der Waals surface area contributed by atoms with Crippen molar-refractivity contribution in [1.29, 1.82) is 0 Å². The Balaban J connectivity index is 2.86. The molecule has 0 saturated heterocycles. The van der Waals surface area contributed by atoms with Gasteiger partial charge in [-0.3, -0.25) is 0 Å². The van der Waals surface area contributed by atoms with E-state index in [0.717, 1.165) is 5.56 Å². The normalized spacial score (nSPS) is 9.73. The fraction of sp³-hybridized carbons (Fsp3) is 0.375. The van der Waals surface area contributed by atoms with Crippen molar-refractivity contribution < 1.29 is 4.74 Å². The summed E-state index contributed by atoms with van der Waals surface area (Å²) in [6, 6.07) is 1.72. The van der Waals surface area contributed by atoms with Gasteiger partial charge in [-0.05, 0) is 19.4 Å². The van der Waals surface area contributed by atoms with Gasteiger partial charge < -0.3 is 4.74 Å². The van der Waals surface area contributed by atoms with Crippen LogP contribution in [0.15, 0.2) is 12.3 Å². The molecule has 1 rings (SSSR count). The monoisotopic (exact) mass is 171 g/mol. The van der Waals surface area contributed by atoms with Crippen LogP contribution in [0.25, 0.3) is 0 Å². The average molecular weight is 172 g/mol. The Bertz CT molecular complexity index is 250. The van der Waals surface area contributed by atoms with Gasteiger partial charge in [0.05, 0.1) is 11.6 Å². The molecule has 1 aromatic rings. The minimum absolute atomic E-state index is 0.586. The topological polar surface area (TPSA) is 22.1 Å². The number of nitrogens with zero attached hydrogens (tertiary/aromatic N) is 1. The third kappa shape index (κ3) is 2.09. The molecule has 2 nitrogen and oxygen atoms in total. The number of rotatable bonds is 2. The standard InChI is InChI=1S/C8H10ClNO/c1-3-11-8-4-7(9)6(2)5-10-8/h4-5H,3H2,1-2H3. The number of hydrogen-bond donors (Lipinski definition) is 0. The van der Waals surface area contributed by atoms with Crippen molar-refractivity contribution in [2.24, 2.45) is 0 Å². The second-order valence-corrected chi connectivity index (χ2v) is 2.61. The quantitative estimate of drug-likeness (QED) is 0.682. The fourth-order valence-electron chi connectivity index (χ4n) is 0.708. The summed E-state index contributed by atoms with van der Waals surface area (Å²) in [5.41, 5.74) is 0.968. The van der Waals surface area contributed by atoms with Gasteiger partial charge >= 0.3 is 0 Å². The van der Waals surface area contributed by atoms with Gasteiger partial charge in [-0.1, -0.05) is 11.6 Å². The highest BCUT2D eigenvalue weighted by atomic mass is 35.5. The van der Waals surface area contributed by atoms with Crippen LogP contribution in [0.4, 0.5) is 0 Å². The Morgan fingerprint density at radius 1 is 1.64 bits per heavy atom. The summed E-state index contributed by atoms with van der Waals surface area (Å²) in [6.07, 6.45) is 1.70. The van der Waals surface area contributed by atoms with Crippen LogP contribution in [0, 0.1) is 6.92 Å². The zero-order chi connectivity index (χ0) is 8.27. The maximum Gasteiger partial charge on any atom is 0.214 e. The lowest BCUT2D eigenvalue weighted by atomic mass is 10.3. The molecule has 0 aliphatic heterocycles. The number of halogens is 1. The van der Waals surface area contributed by atoms with Crippen LogP contribution in [0.2, 0.25) is 5.02 Å². The van der Waals surface area contributed by atoms with E-state index in [4.69, 9.17) is 16.3 Å². The van der Waals surface area contributed by atoms with E-state index in [9.17, 15) is 0 Å². The molecule has 0 atom stereocenters. The summed E-state index contributed by atoms with van der Waals surface area (Å²) in [5, 5.41) is 0.698. The van der Waals surface area contributed by atoms with E-state index in [-0.39, 0.29) is 0 Å². The van der Waals surface area contributed by atoms with Crippen LogP contribution in [-0.4, -0.2) is 11.6 Å². The zero-order valence-corrected chi connectivity index (χ0v) is 7.35. The van der Waals surface area contributed by atoms with Gasteiger partial charge in [0.25, 0.3) is 0 Å². The van der Waals surface area contributed by atoms with Gasteiger partial charge in [0.15, 0.2) is 0 Å². The fourth-order valence-corrected chi connectivity index (χ4v) is 0.851. The predicted octanol–water partition coefficient (Wildman–Crippen LogP) is 2.44. The average Bonchev–Trinajstić information content (AvgIpc) is 1.98. The second kappa shape index (κ2) is 3.58. The molecule has 1 aromatic heterocycles. The summed E-state index contributed by atoms with van der Waals surface area (Å²) in [4.78, 5) is 4.02. The lowest BCUT2D eigenvalue weighted by molar-refractivity contribution is 0.327. The lowest BCUT2D eigenvalue weighted by Crippen LogP contribution is -1.94. The number of ether oxygens (including phenoxy) is 1. The first kappa shape index (κ1) is 8.34. The smallest absolute Gasteiger partial charge is 0.214 e. The number of aromatic nitrogens is 1. The Labute approximate surface area is 71.2 Å². The minimum atomic E-state index is 0.586. The third-order valence-corrected chi connectivity index (χ3v) is 1.71. The molecule has 11 heavy (non-hydrogen) atoms. The molecular formula is C8H10ClNO. The Hall–Kier alpha value is -0.760. The molecule has 3 heteroatoms. The molecule has 0 N–H and O–H groups in total. The molecule has 60 valence electrons. The highest BCUT2D eigenvalue weighted by Gasteiger charge is 1.97. The van der Waals surface area contributed by atoms with Crippen molar-refractivity contribution in [3.63, 3.8) is 0 Å². The highest BCUT2D eigenvalue weighted by molar-refractivity contribution is 6.31. The van der Waals surface area contributed by atoms with Crippen molar-refractivity contribution in [2.45, 2.75) is 13.8 Å². The van der Waals surface area contributed by atoms with Gasteiger partial charge in [0.1, 0.15) is 0 Å². The zero-order valence-electron chi connectivity index (χ0n) is 6.60. The van der Waals surface area contributed by atoms with Crippen molar-refractivity contribution in [3.05, 3.63) is 22.8 Å². The van der Waals surface area contributed by atoms with E-state index in [1.807, 2.05) is 13.8 Å². The lowest BCUT2D eigenvalue weighted by Gasteiger charge is -2.02. The SMILES string of the molecule is CCOc1cc(Cl)c(C)cn1. The third-order valence-electron chi connectivity index (χ3n) is 1.30. The minimum Gasteiger partial charge on any atom is -0.478 e. The first-order chi connectivity index (χ1) is 5.24. The van der Waals surface area contributed by atoms with Crippen LogP contribution in [0.5, 0.6) is 5.88 Å². The van der Waals surface area contributed by atoms with E-state index in [0.29, 0.717) is 17.5 Å². The van der Waals surface area contributed by atoms with Crippen LogP contribution < -0.4 is 4.74 Å². The molecule has 0 radical (unpaired) electrons. The Morgan fingerprint density at radius 3 is 2.91 bits per heavy atom. The van der Waals surface area contributed by atoms with Crippen molar-refractivity contribution >= 4 is 11.6 Å². The Morgan fingerprint density at radius 2 is 2.36 bits per heavy atom. The van der Waals surface area contributed by atoms with Gasteiger partial charge in [-0.25, -0.2) is 4.98 Å². The molecule has 1 heterocycles. The largest absolute Gasteiger partial charge is 0.478 e. The molecule has 0 fully saturated rings. The van der Waals surface area contributed by atoms with Crippen molar-refractivity contribution in [3.8, 4) is 5.88 Å². The summed E-state index contributed by atoms with van der Waals surface area (Å²) in [7, 11) is 0. The van der Waals surface area contributed by atoms with Crippen molar-refractivity contribution in [1.82, 2.24) is 4.98 Å². The maximum atomic E-state index is 5.83. The van der Waals surface area contributed by atoms with E-state index < -0.39 is 0 Å². The number of aryl methyl sites for hydroxylation is 1. The molecule has 0 unspecified atom stereocenters. The maximum absolute atomic E-state index is 5.83. The molecule has 0 aliphatic carbocycles. The predicted molar refractivity (Wildman–Crippen MR) is 45.2 cm³/mol. The summed E-state index contributed by atoms with van der Waals surface area (Å²) in [6.45, 7) is 4.44. The number of pyridine rings is 1. The van der Waals surface area contributed by atoms with Gasteiger partial charge in [0.2, 0.25) is 5.88 Å². The van der Waals surface area contributed by atoms with E-state index in [1.54, 1.807) is 12.3 Å². The second-order valence-electron chi connectivity index (χ2n) is 2.20. The van der Waals surface area contributed by atoms with E-state index in [2.05, 4.69) is 4.98 Å². The summed E-state index contributed by atoms with van der Waals surface area (Å²) >= 11 is 5.83. The van der Waals surface area contributed by atoms with E-state index >= 15 is 0 Å². The molecule has 0 amide bonds. The Kier molecular flexibility index (Phi) is 2.71. The molecule has 0 aliphatic rings. The molecule has 0 bridgehead atoms. The molecule has 0 spiro atoms. The molecule has 0 saturated carbocycles. The highest BCUT2D eigenvalue weighted by Crippen LogP contribution is 2.18. The van der Waals surface area contributed by atoms with Gasteiger partial charge in [0, 0.05) is 12.3 Å². The summed E-state index contributed by atoms with van der Waals surface area (Å²) < 4.78 is 5.15. The van der Waals surface area contributed by atoms with E-state index in [1.165, 1.54) is 0 Å². The van der Waals surface area contributed by atoms with Gasteiger partial charge in [-0.2, -0.15) is 0 Å². The first-order valence-electron chi connectivity index (χ1n) is 3.49. The first-order valence-corrected chi connectivity index (χ1v) is 3.86. The number of hydrogen-bond acceptors (Lipinski definition) is 2.